The van der Waals surface area contributed by atoms with Crippen LogP contribution in [-0.4, -0.2) is 19.8 Å². The van der Waals surface area contributed by atoms with E-state index in [4.69, 9.17) is 9.51 Å². The second-order valence-corrected chi connectivity index (χ2v) is 5.87. The van der Waals surface area contributed by atoms with Crippen LogP contribution in [0.4, 0.5) is 5.82 Å². The van der Waals surface area contributed by atoms with Gasteiger partial charge in [-0.1, -0.05) is 19.0 Å². The van der Waals surface area contributed by atoms with Crippen LogP contribution in [0.25, 0.3) is 5.65 Å². The Kier molecular flexibility index (Phi) is 4.07. The summed E-state index contributed by atoms with van der Waals surface area (Å²) >= 11 is 0. The molecule has 1 N–H and O–H groups in total. The predicted molar refractivity (Wildman–Crippen MR) is 89.8 cm³/mol. The maximum absolute atomic E-state index is 5.43. The average Bonchev–Trinajstić information content (AvgIpc) is 3.14. The molecule has 122 valence electrons. The van der Waals surface area contributed by atoms with E-state index in [2.05, 4.69) is 43.3 Å². The quantitative estimate of drug-likeness (QED) is 0.779. The van der Waals surface area contributed by atoms with Crippen molar-refractivity contribution in [1.82, 2.24) is 19.8 Å². The molecule has 0 spiro atoms. The Morgan fingerprint density at radius 3 is 2.57 bits per heavy atom. The molecule has 0 aliphatic carbocycles. The summed E-state index contributed by atoms with van der Waals surface area (Å²) in [5, 5.41) is 12.1. The molecule has 0 aliphatic rings. The monoisotopic (exact) mass is 313 g/mol. The number of aryl methyl sites for hydroxylation is 4. The van der Waals surface area contributed by atoms with E-state index in [1.54, 1.807) is 0 Å². The lowest BCUT2D eigenvalue weighted by atomic mass is 10.2. The number of hydrogen-bond acceptors (Lipinski definition) is 5. The lowest BCUT2D eigenvalue weighted by Gasteiger charge is -2.14. The molecule has 1 atom stereocenters. The summed E-state index contributed by atoms with van der Waals surface area (Å²) in [6.45, 7) is 10.3. The number of nitrogens with one attached hydrogen (secondary N) is 1. The lowest BCUT2D eigenvalue weighted by molar-refractivity contribution is 0.368. The minimum atomic E-state index is 0.00270. The van der Waals surface area contributed by atoms with Gasteiger partial charge in [-0.05, 0) is 33.6 Å². The Hall–Kier alpha value is -2.37. The van der Waals surface area contributed by atoms with Crippen LogP contribution in [0.1, 0.15) is 55.2 Å². The summed E-state index contributed by atoms with van der Waals surface area (Å²) in [6.07, 6.45) is 1.75. The van der Waals surface area contributed by atoms with Gasteiger partial charge in [-0.3, -0.25) is 0 Å². The van der Waals surface area contributed by atoms with Gasteiger partial charge < -0.3 is 9.84 Å². The molecule has 0 saturated carbocycles. The molecule has 0 amide bonds. The summed E-state index contributed by atoms with van der Waals surface area (Å²) in [5.41, 5.74) is 5.03. The third-order valence-corrected chi connectivity index (χ3v) is 4.20. The molecule has 23 heavy (non-hydrogen) atoms. The third kappa shape index (κ3) is 2.81. The van der Waals surface area contributed by atoms with E-state index in [1.807, 2.05) is 23.6 Å². The van der Waals surface area contributed by atoms with Gasteiger partial charge in [0.25, 0.3) is 0 Å². The Morgan fingerprint density at radius 1 is 1.17 bits per heavy atom. The molecule has 0 saturated heterocycles. The summed E-state index contributed by atoms with van der Waals surface area (Å²) in [7, 11) is 0. The van der Waals surface area contributed by atoms with Crippen LogP contribution in [0.5, 0.6) is 0 Å². The molecular weight excluding hydrogens is 290 g/mol. The van der Waals surface area contributed by atoms with Crippen molar-refractivity contribution >= 4 is 11.5 Å². The molecule has 3 aromatic rings. The normalized spacial score (nSPS) is 12.7. The second-order valence-electron chi connectivity index (χ2n) is 5.87. The first-order valence-corrected chi connectivity index (χ1v) is 8.11. The van der Waals surface area contributed by atoms with Crippen LogP contribution < -0.4 is 5.32 Å². The van der Waals surface area contributed by atoms with Gasteiger partial charge in [0.05, 0.1) is 17.4 Å². The van der Waals surface area contributed by atoms with E-state index >= 15 is 0 Å². The van der Waals surface area contributed by atoms with Gasteiger partial charge >= 0.3 is 0 Å². The van der Waals surface area contributed by atoms with Crippen LogP contribution in [0.15, 0.2) is 16.7 Å². The van der Waals surface area contributed by atoms with E-state index in [1.165, 1.54) is 0 Å². The number of nitrogens with zero attached hydrogens (tertiary/aromatic N) is 4. The molecule has 0 aliphatic heterocycles. The largest absolute Gasteiger partial charge is 0.360 e. The van der Waals surface area contributed by atoms with Crippen molar-refractivity contribution in [3.05, 3.63) is 40.5 Å². The molecule has 0 radical (unpaired) electrons. The van der Waals surface area contributed by atoms with Crippen molar-refractivity contribution in [3.63, 3.8) is 0 Å². The topological polar surface area (TPSA) is 68.2 Å². The fourth-order valence-corrected chi connectivity index (χ4v) is 2.56. The SMILES string of the molecule is CCc1cc([C@H](C)Nc2cc(CC)nc3c(C)c(C)nn23)on1. The Bertz CT molecular complexity index is 833. The molecule has 0 aromatic carbocycles. The molecular formula is C17H23N5O. The van der Waals surface area contributed by atoms with E-state index in [9.17, 15) is 0 Å². The zero-order chi connectivity index (χ0) is 16.6. The van der Waals surface area contributed by atoms with Crippen molar-refractivity contribution in [3.8, 4) is 0 Å². The molecule has 3 aromatic heterocycles. The molecule has 3 heterocycles. The van der Waals surface area contributed by atoms with Gasteiger partial charge in [0, 0.05) is 23.4 Å². The van der Waals surface area contributed by atoms with Crippen molar-refractivity contribution in [2.24, 2.45) is 0 Å². The van der Waals surface area contributed by atoms with E-state index in [0.717, 1.165) is 52.7 Å². The number of rotatable bonds is 5. The van der Waals surface area contributed by atoms with E-state index in [0.29, 0.717) is 0 Å². The van der Waals surface area contributed by atoms with Gasteiger partial charge in [0.15, 0.2) is 11.4 Å². The minimum absolute atomic E-state index is 0.00270. The molecule has 6 nitrogen and oxygen atoms in total. The van der Waals surface area contributed by atoms with Crippen molar-refractivity contribution in [1.29, 1.82) is 0 Å². The van der Waals surface area contributed by atoms with Crippen molar-refractivity contribution in [2.75, 3.05) is 5.32 Å². The highest BCUT2D eigenvalue weighted by Crippen LogP contribution is 2.23. The summed E-state index contributed by atoms with van der Waals surface area (Å²) in [5.74, 6) is 1.75. The fraction of sp³-hybridized carbons (Fsp3) is 0.471. The molecule has 0 fully saturated rings. The first-order valence-electron chi connectivity index (χ1n) is 8.11. The predicted octanol–water partition coefficient (Wildman–Crippen LogP) is 3.63. The van der Waals surface area contributed by atoms with Gasteiger partial charge in [-0.15, -0.1) is 0 Å². The van der Waals surface area contributed by atoms with Crippen LogP contribution in [-0.2, 0) is 12.8 Å². The summed E-state index contributed by atoms with van der Waals surface area (Å²) in [4.78, 5) is 4.70. The van der Waals surface area contributed by atoms with Gasteiger partial charge in [0.1, 0.15) is 5.82 Å². The standard InChI is InChI=1S/C17H23N5O/c1-6-13-9-16(22-17(19-13)10(3)11(4)20-22)18-12(5)15-8-14(7-2)21-23-15/h8-9,12,18H,6-7H2,1-5H3/t12-/m0/s1. The number of fused-ring (bicyclic) bond motifs is 1. The van der Waals surface area contributed by atoms with Crippen LogP contribution in [0, 0.1) is 13.8 Å². The molecule has 6 heteroatoms. The number of anilines is 1. The Morgan fingerprint density at radius 2 is 1.91 bits per heavy atom. The maximum atomic E-state index is 5.43. The summed E-state index contributed by atoms with van der Waals surface area (Å²) in [6, 6.07) is 4.05. The summed E-state index contributed by atoms with van der Waals surface area (Å²) < 4.78 is 7.30. The van der Waals surface area contributed by atoms with Crippen LogP contribution >= 0.6 is 0 Å². The zero-order valence-electron chi connectivity index (χ0n) is 14.3. The first kappa shape index (κ1) is 15.5. The fourth-order valence-electron chi connectivity index (χ4n) is 2.56. The lowest BCUT2D eigenvalue weighted by Crippen LogP contribution is -2.11. The van der Waals surface area contributed by atoms with Gasteiger partial charge in [-0.2, -0.15) is 9.61 Å². The van der Waals surface area contributed by atoms with Crippen molar-refractivity contribution in [2.45, 2.75) is 53.5 Å². The second kappa shape index (κ2) is 6.02. The Balaban J connectivity index is 1.99. The minimum Gasteiger partial charge on any atom is -0.360 e. The third-order valence-electron chi connectivity index (χ3n) is 4.20. The highest BCUT2D eigenvalue weighted by Gasteiger charge is 2.16. The maximum Gasteiger partial charge on any atom is 0.160 e. The first-order chi connectivity index (χ1) is 11.0. The highest BCUT2D eigenvalue weighted by molar-refractivity contribution is 5.56. The van der Waals surface area contributed by atoms with Crippen LogP contribution in [0.2, 0.25) is 0 Å². The average molecular weight is 313 g/mol. The molecule has 0 bridgehead atoms. The van der Waals surface area contributed by atoms with Crippen molar-refractivity contribution < 1.29 is 4.52 Å². The van der Waals surface area contributed by atoms with Gasteiger partial charge in [0.2, 0.25) is 0 Å². The van der Waals surface area contributed by atoms with Crippen LogP contribution in [0.3, 0.4) is 0 Å². The number of hydrogen-bond donors (Lipinski definition) is 1. The van der Waals surface area contributed by atoms with E-state index < -0.39 is 0 Å². The van der Waals surface area contributed by atoms with E-state index in [-0.39, 0.29) is 6.04 Å². The smallest absolute Gasteiger partial charge is 0.160 e. The zero-order valence-corrected chi connectivity index (χ0v) is 14.3. The molecule has 3 rings (SSSR count). The van der Waals surface area contributed by atoms with Gasteiger partial charge in [-0.25, -0.2) is 4.98 Å². The number of aromatic nitrogens is 4. The highest BCUT2D eigenvalue weighted by atomic mass is 16.5. The Labute approximate surface area is 135 Å². The molecule has 0 unspecified atom stereocenters.